The smallest absolute Gasteiger partial charge is 0.222 e. The lowest BCUT2D eigenvalue weighted by atomic mass is 9.88. The number of ether oxygens (including phenoxy) is 1. The lowest BCUT2D eigenvalue weighted by Gasteiger charge is -2.28. The molecular weight excluding hydrogens is 348 g/mol. The van der Waals surface area contributed by atoms with Gasteiger partial charge < -0.3 is 10.1 Å². The van der Waals surface area contributed by atoms with Crippen LogP contribution in [0.2, 0.25) is 0 Å². The van der Waals surface area contributed by atoms with Gasteiger partial charge in [0.25, 0.3) is 0 Å². The largest absolute Gasteiger partial charge is 0.494 e. The predicted octanol–water partition coefficient (Wildman–Crippen LogP) is 3.95. The molecule has 1 aromatic heterocycles. The number of rotatable bonds is 7. The second kappa shape index (κ2) is 8.49. The van der Waals surface area contributed by atoms with Crippen molar-refractivity contribution >= 4 is 18.1 Å². The van der Waals surface area contributed by atoms with E-state index in [1.165, 1.54) is 0 Å². The SMILES string of the molecule is CCOc1ccc(-c2n[nH]c(=S)n2CCC(=O)N[C@@H](C)C(C)(C)C)cc1. The third kappa shape index (κ3) is 5.17. The predicted molar refractivity (Wildman–Crippen MR) is 106 cm³/mol. The van der Waals surface area contributed by atoms with Gasteiger partial charge in [-0.15, -0.1) is 0 Å². The number of hydrogen-bond donors (Lipinski definition) is 2. The van der Waals surface area contributed by atoms with Crippen LogP contribution in [0.3, 0.4) is 0 Å². The van der Waals surface area contributed by atoms with Crippen LogP contribution in [0.4, 0.5) is 0 Å². The van der Waals surface area contributed by atoms with Crippen LogP contribution in [-0.4, -0.2) is 33.3 Å². The van der Waals surface area contributed by atoms with E-state index in [0.717, 1.165) is 17.1 Å². The normalized spacial score (nSPS) is 12.7. The fraction of sp³-hybridized carbons (Fsp3) is 0.526. The van der Waals surface area contributed by atoms with E-state index in [9.17, 15) is 4.79 Å². The zero-order chi connectivity index (χ0) is 19.3. The fourth-order valence-electron chi connectivity index (χ4n) is 2.36. The molecule has 1 aromatic carbocycles. The van der Waals surface area contributed by atoms with E-state index in [-0.39, 0.29) is 17.4 Å². The summed E-state index contributed by atoms with van der Waals surface area (Å²) in [4.78, 5) is 12.3. The molecule has 1 heterocycles. The number of aromatic nitrogens is 3. The van der Waals surface area contributed by atoms with Crippen molar-refractivity contribution in [1.29, 1.82) is 0 Å². The van der Waals surface area contributed by atoms with Gasteiger partial charge >= 0.3 is 0 Å². The monoisotopic (exact) mass is 376 g/mol. The maximum Gasteiger partial charge on any atom is 0.222 e. The van der Waals surface area contributed by atoms with Gasteiger partial charge in [0.15, 0.2) is 10.6 Å². The number of H-pyrrole nitrogens is 1. The molecular formula is C19H28N4O2S. The molecule has 1 amide bonds. The van der Waals surface area contributed by atoms with Crippen molar-refractivity contribution in [2.24, 2.45) is 5.41 Å². The first-order valence-electron chi connectivity index (χ1n) is 8.90. The average molecular weight is 377 g/mol. The highest BCUT2D eigenvalue weighted by Crippen LogP contribution is 2.22. The van der Waals surface area contributed by atoms with E-state index in [0.29, 0.717) is 24.3 Å². The average Bonchev–Trinajstić information content (AvgIpc) is 2.94. The van der Waals surface area contributed by atoms with E-state index in [2.05, 4.69) is 36.3 Å². The standard InChI is InChI=1S/C19H28N4O2S/c1-6-25-15-9-7-14(8-10-15)17-21-22-18(26)23(17)12-11-16(24)20-13(2)19(3,4)5/h7-10,13H,6,11-12H2,1-5H3,(H,20,24)(H,22,26)/t13-/m0/s1. The number of carbonyl (C=O) groups excluding carboxylic acids is 1. The Bertz CT molecular complexity index is 787. The molecule has 0 aliphatic rings. The van der Waals surface area contributed by atoms with Crippen molar-refractivity contribution < 1.29 is 9.53 Å². The minimum Gasteiger partial charge on any atom is -0.494 e. The van der Waals surface area contributed by atoms with Crippen LogP contribution >= 0.6 is 12.2 Å². The molecule has 0 unspecified atom stereocenters. The van der Waals surface area contributed by atoms with Gasteiger partial charge in [0.1, 0.15) is 5.75 Å². The first-order valence-corrected chi connectivity index (χ1v) is 9.31. The Morgan fingerprint density at radius 1 is 1.35 bits per heavy atom. The summed E-state index contributed by atoms with van der Waals surface area (Å²) in [5, 5.41) is 10.2. The summed E-state index contributed by atoms with van der Waals surface area (Å²) in [6.07, 6.45) is 0.346. The summed E-state index contributed by atoms with van der Waals surface area (Å²) in [5.41, 5.74) is 0.944. The van der Waals surface area contributed by atoms with Crippen molar-refractivity contribution in [3.05, 3.63) is 29.0 Å². The van der Waals surface area contributed by atoms with Gasteiger partial charge in [-0.2, -0.15) is 5.10 Å². The van der Waals surface area contributed by atoms with Crippen LogP contribution < -0.4 is 10.1 Å². The lowest BCUT2D eigenvalue weighted by molar-refractivity contribution is -0.122. The first-order chi connectivity index (χ1) is 12.2. The topological polar surface area (TPSA) is 71.9 Å². The molecule has 0 saturated heterocycles. The maximum atomic E-state index is 12.3. The van der Waals surface area contributed by atoms with Crippen LogP contribution in [0.25, 0.3) is 11.4 Å². The Labute approximate surface area is 160 Å². The van der Waals surface area contributed by atoms with Crippen LogP contribution in [0, 0.1) is 10.2 Å². The summed E-state index contributed by atoms with van der Waals surface area (Å²) in [5.74, 6) is 1.54. The summed E-state index contributed by atoms with van der Waals surface area (Å²) in [6, 6.07) is 7.78. The van der Waals surface area contributed by atoms with Gasteiger partial charge in [0.2, 0.25) is 5.91 Å². The van der Waals surface area contributed by atoms with Crippen molar-refractivity contribution in [1.82, 2.24) is 20.1 Å². The molecule has 0 aliphatic carbocycles. The number of benzene rings is 1. The van der Waals surface area contributed by atoms with Crippen LogP contribution in [0.1, 0.15) is 41.0 Å². The first kappa shape index (κ1) is 20.2. The quantitative estimate of drug-likeness (QED) is 0.718. The van der Waals surface area contributed by atoms with E-state index >= 15 is 0 Å². The molecule has 0 aliphatic heterocycles. The summed E-state index contributed by atoms with van der Waals surface area (Å²) >= 11 is 5.33. The zero-order valence-electron chi connectivity index (χ0n) is 16.1. The van der Waals surface area contributed by atoms with Gasteiger partial charge in [0.05, 0.1) is 6.61 Å². The molecule has 0 radical (unpaired) electrons. The van der Waals surface area contributed by atoms with E-state index in [1.54, 1.807) is 0 Å². The Morgan fingerprint density at radius 3 is 2.58 bits per heavy atom. The van der Waals surface area contributed by atoms with E-state index in [1.807, 2.05) is 42.7 Å². The molecule has 0 bridgehead atoms. The van der Waals surface area contributed by atoms with Crippen molar-refractivity contribution in [2.45, 2.75) is 53.6 Å². The molecule has 142 valence electrons. The number of aromatic amines is 1. The Hall–Kier alpha value is -2.15. The molecule has 0 fully saturated rings. The molecule has 2 rings (SSSR count). The van der Waals surface area contributed by atoms with Crippen LogP contribution in [-0.2, 0) is 11.3 Å². The van der Waals surface area contributed by atoms with Crippen LogP contribution in [0.5, 0.6) is 5.75 Å². The highest BCUT2D eigenvalue weighted by molar-refractivity contribution is 7.71. The third-order valence-corrected chi connectivity index (χ3v) is 4.73. The molecule has 0 spiro atoms. The van der Waals surface area contributed by atoms with Crippen molar-refractivity contribution in [3.63, 3.8) is 0 Å². The third-order valence-electron chi connectivity index (χ3n) is 4.42. The second-order valence-electron chi connectivity index (χ2n) is 7.37. The minimum atomic E-state index is 0.00756. The van der Waals surface area contributed by atoms with E-state index < -0.39 is 0 Å². The fourth-order valence-corrected chi connectivity index (χ4v) is 2.58. The summed E-state index contributed by atoms with van der Waals surface area (Å²) in [7, 11) is 0. The Kier molecular flexibility index (Phi) is 6.58. The highest BCUT2D eigenvalue weighted by Gasteiger charge is 2.21. The van der Waals surface area contributed by atoms with Crippen LogP contribution in [0.15, 0.2) is 24.3 Å². The second-order valence-corrected chi connectivity index (χ2v) is 7.75. The van der Waals surface area contributed by atoms with Gasteiger partial charge in [-0.25, -0.2) is 0 Å². The lowest BCUT2D eigenvalue weighted by Crippen LogP contribution is -2.41. The number of nitrogens with one attached hydrogen (secondary N) is 2. The van der Waals surface area contributed by atoms with Crippen molar-refractivity contribution in [2.75, 3.05) is 6.61 Å². The van der Waals surface area contributed by atoms with Gasteiger partial charge in [-0.05, 0) is 55.7 Å². The Morgan fingerprint density at radius 2 is 2.00 bits per heavy atom. The molecule has 7 heteroatoms. The number of nitrogens with zero attached hydrogens (tertiary/aromatic N) is 2. The zero-order valence-corrected chi connectivity index (χ0v) is 16.9. The van der Waals surface area contributed by atoms with Gasteiger partial charge in [0, 0.05) is 24.6 Å². The molecule has 0 saturated carbocycles. The maximum absolute atomic E-state index is 12.3. The summed E-state index contributed by atoms with van der Waals surface area (Å²) < 4.78 is 7.83. The van der Waals surface area contributed by atoms with Crippen molar-refractivity contribution in [3.8, 4) is 17.1 Å². The van der Waals surface area contributed by atoms with Gasteiger partial charge in [-0.1, -0.05) is 20.8 Å². The molecule has 2 N–H and O–H groups in total. The minimum absolute atomic E-state index is 0.00756. The molecule has 26 heavy (non-hydrogen) atoms. The number of carbonyl (C=O) groups is 1. The van der Waals surface area contributed by atoms with E-state index in [4.69, 9.17) is 17.0 Å². The molecule has 1 atom stereocenters. The Balaban J connectivity index is 2.08. The van der Waals surface area contributed by atoms with Gasteiger partial charge in [-0.3, -0.25) is 14.5 Å². The molecule has 2 aromatic rings. The number of hydrogen-bond acceptors (Lipinski definition) is 4. The molecule has 6 nitrogen and oxygen atoms in total. The number of amides is 1. The summed E-state index contributed by atoms with van der Waals surface area (Å²) in [6.45, 7) is 11.4. The highest BCUT2D eigenvalue weighted by atomic mass is 32.1.